The smallest absolute Gasteiger partial charge is 0.232 e. The maximum Gasteiger partial charge on any atom is 0.232 e. The van der Waals surface area contributed by atoms with Crippen molar-refractivity contribution in [2.75, 3.05) is 24.2 Å². The molecular formula is C17H21N3O4S. The van der Waals surface area contributed by atoms with Crippen LogP contribution < -0.4 is 14.4 Å². The number of ether oxygens (including phenoxy) is 1. The first-order chi connectivity index (χ1) is 11.9. The summed E-state index contributed by atoms with van der Waals surface area (Å²) < 4.78 is 30.5. The van der Waals surface area contributed by atoms with E-state index >= 15 is 0 Å². The summed E-state index contributed by atoms with van der Waals surface area (Å²) in [6, 6.07) is 10.4. The molecule has 0 fully saturated rings. The lowest BCUT2D eigenvalue weighted by atomic mass is 10.2. The molecule has 0 saturated heterocycles. The zero-order valence-corrected chi connectivity index (χ0v) is 15.0. The van der Waals surface area contributed by atoms with Crippen LogP contribution in [-0.2, 0) is 21.4 Å². The van der Waals surface area contributed by atoms with E-state index in [1.807, 2.05) is 6.07 Å². The summed E-state index contributed by atoms with van der Waals surface area (Å²) in [4.78, 5) is 16.0. The Hall–Kier alpha value is -2.61. The number of sulfonamides is 1. The number of methoxy groups -OCH3 is 1. The molecule has 0 aliphatic rings. The summed E-state index contributed by atoms with van der Waals surface area (Å²) >= 11 is 0. The van der Waals surface area contributed by atoms with Gasteiger partial charge in [0.2, 0.25) is 15.9 Å². The van der Waals surface area contributed by atoms with Crippen LogP contribution in [0, 0.1) is 0 Å². The molecule has 2 aromatic rings. The standard InChI is InChI=1S/C17H21N3O4S/c1-24-16-7-3-6-15(11-16)20(25(2,22)23)10-8-17(21)19-13-14-5-4-9-18-12-14/h3-7,9,11-12H,8,10,13H2,1-2H3,(H,19,21). The average Bonchev–Trinajstić information content (AvgIpc) is 2.60. The molecule has 1 N–H and O–H groups in total. The fourth-order valence-corrected chi connectivity index (χ4v) is 3.17. The van der Waals surface area contributed by atoms with E-state index in [0.29, 0.717) is 18.0 Å². The number of nitrogens with one attached hydrogen (secondary N) is 1. The molecule has 0 bridgehead atoms. The molecule has 25 heavy (non-hydrogen) atoms. The minimum atomic E-state index is -3.52. The Kier molecular flexibility index (Phi) is 6.35. The summed E-state index contributed by atoms with van der Waals surface area (Å²) in [6.45, 7) is 0.398. The van der Waals surface area contributed by atoms with Gasteiger partial charge < -0.3 is 10.1 Å². The Balaban J connectivity index is 1.99. The van der Waals surface area contributed by atoms with Crippen molar-refractivity contribution in [2.24, 2.45) is 0 Å². The van der Waals surface area contributed by atoms with Crippen molar-refractivity contribution in [3.8, 4) is 5.75 Å². The number of hydrogen-bond acceptors (Lipinski definition) is 5. The van der Waals surface area contributed by atoms with Gasteiger partial charge in [-0.2, -0.15) is 0 Å². The molecule has 0 atom stereocenters. The minimum absolute atomic E-state index is 0.0462. The second-order valence-corrected chi connectivity index (χ2v) is 7.33. The van der Waals surface area contributed by atoms with Crippen LogP contribution in [-0.4, -0.2) is 39.2 Å². The van der Waals surface area contributed by atoms with E-state index in [4.69, 9.17) is 4.74 Å². The van der Waals surface area contributed by atoms with Crippen LogP contribution in [0.15, 0.2) is 48.8 Å². The van der Waals surface area contributed by atoms with Gasteiger partial charge in [0.05, 0.1) is 19.1 Å². The van der Waals surface area contributed by atoms with E-state index in [1.165, 1.54) is 11.4 Å². The Morgan fingerprint density at radius 3 is 2.72 bits per heavy atom. The fourth-order valence-electron chi connectivity index (χ4n) is 2.25. The van der Waals surface area contributed by atoms with Crippen LogP contribution in [0.2, 0.25) is 0 Å². The maximum atomic E-state index is 12.1. The lowest BCUT2D eigenvalue weighted by Gasteiger charge is -2.22. The molecule has 7 nitrogen and oxygen atoms in total. The van der Waals surface area contributed by atoms with Crippen molar-refractivity contribution < 1.29 is 17.9 Å². The molecule has 1 heterocycles. The van der Waals surface area contributed by atoms with Crippen molar-refractivity contribution in [1.82, 2.24) is 10.3 Å². The van der Waals surface area contributed by atoms with Crippen molar-refractivity contribution >= 4 is 21.6 Å². The molecule has 0 spiro atoms. The highest BCUT2D eigenvalue weighted by atomic mass is 32.2. The van der Waals surface area contributed by atoms with E-state index in [9.17, 15) is 13.2 Å². The van der Waals surface area contributed by atoms with Crippen LogP contribution in [0.25, 0.3) is 0 Å². The maximum absolute atomic E-state index is 12.1. The summed E-state index contributed by atoms with van der Waals surface area (Å²) in [5, 5.41) is 2.75. The number of anilines is 1. The predicted molar refractivity (Wildman–Crippen MR) is 95.9 cm³/mol. The largest absolute Gasteiger partial charge is 0.497 e. The number of hydrogen-bond donors (Lipinski definition) is 1. The highest BCUT2D eigenvalue weighted by molar-refractivity contribution is 7.92. The topological polar surface area (TPSA) is 88.6 Å². The number of rotatable bonds is 8. The van der Waals surface area contributed by atoms with Gasteiger partial charge in [-0.15, -0.1) is 0 Å². The van der Waals surface area contributed by atoms with Crippen LogP contribution >= 0.6 is 0 Å². The van der Waals surface area contributed by atoms with Gasteiger partial charge in [-0.1, -0.05) is 12.1 Å². The lowest BCUT2D eigenvalue weighted by Crippen LogP contribution is -2.34. The van der Waals surface area contributed by atoms with Gasteiger partial charge in [-0.05, 0) is 23.8 Å². The highest BCUT2D eigenvalue weighted by Gasteiger charge is 2.19. The first kappa shape index (κ1) is 18.7. The molecule has 1 aromatic heterocycles. The van der Waals surface area contributed by atoms with E-state index in [-0.39, 0.29) is 18.9 Å². The quantitative estimate of drug-likeness (QED) is 0.769. The van der Waals surface area contributed by atoms with E-state index in [2.05, 4.69) is 10.3 Å². The van der Waals surface area contributed by atoms with E-state index in [1.54, 1.807) is 42.7 Å². The van der Waals surface area contributed by atoms with Crippen LogP contribution in [0.5, 0.6) is 5.75 Å². The molecule has 0 unspecified atom stereocenters. The van der Waals surface area contributed by atoms with Gasteiger partial charge in [0.25, 0.3) is 0 Å². The molecule has 0 saturated carbocycles. The number of carbonyl (C=O) groups is 1. The fraction of sp³-hybridized carbons (Fsp3) is 0.294. The highest BCUT2D eigenvalue weighted by Crippen LogP contribution is 2.23. The summed E-state index contributed by atoms with van der Waals surface area (Å²) in [6.07, 6.45) is 4.48. The number of nitrogens with zero attached hydrogens (tertiary/aromatic N) is 2. The minimum Gasteiger partial charge on any atom is -0.497 e. The van der Waals surface area contributed by atoms with Crippen molar-refractivity contribution in [3.05, 3.63) is 54.4 Å². The van der Waals surface area contributed by atoms with Crippen molar-refractivity contribution in [3.63, 3.8) is 0 Å². The summed E-state index contributed by atoms with van der Waals surface area (Å²) in [7, 11) is -2.01. The van der Waals surface area contributed by atoms with Gasteiger partial charge in [0, 0.05) is 38.0 Å². The second kappa shape index (κ2) is 8.48. The number of aromatic nitrogens is 1. The van der Waals surface area contributed by atoms with Crippen molar-refractivity contribution in [1.29, 1.82) is 0 Å². The first-order valence-corrected chi connectivity index (χ1v) is 9.52. The predicted octanol–water partition coefficient (Wildman–Crippen LogP) is 1.56. The van der Waals surface area contributed by atoms with Crippen LogP contribution in [0.4, 0.5) is 5.69 Å². The van der Waals surface area contributed by atoms with Gasteiger partial charge in [-0.25, -0.2) is 8.42 Å². The van der Waals surface area contributed by atoms with Crippen LogP contribution in [0.3, 0.4) is 0 Å². The lowest BCUT2D eigenvalue weighted by molar-refractivity contribution is -0.121. The third-order valence-corrected chi connectivity index (χ3v) is 4.69. The Morgan fingerprint density at radius 2 is 2.08 bits per heavy atom. The van der Waals surface area contributed by atoms with Gasteiger partial charge >= 0.3 is 0 Å². The monoisotopic (exact) mass is 363 g/mol. The molecule has 1 aromatic carbocycles. The van der Waals surface area contributed by atoms with E-state index in [0.717, 1.165) is 11.8 Å². The number of carbonyl (C=O) groups excluding carboxylic acids is 1. The molecule has 8 heteroatoms. The molecule has 0 aliphatic carbocycles. The Morgan fingerprint density at radius 1 is 1.28 bits per heavy atom. The normalized spacial score (nSPS) is 11.0. The third kappa shape index (κ3) is 5.75. The molecule has 1 amide bonds. The van der Waals surface area contributed by atoms with Crippen LogP contribution in [0.1, 0.15) is 12.0 Å². The first-order valence-electron chi connectivity index (χ1n) is 7.67. The zero-order chi connectivity index (χ0) is 18.3. The Labute approximate surface area is 147 Å². The van der Waals surface area contributed by atoms with E-state index < -0.39 is 10.0 Å². The number of pyridine rings is 1. The molecular weight excluding hydrogens is 342 g/mol. The second-order valence-electron chi connectivity index (χ2n) is 5.42. The third-order valence-electron chi connectivity index (χ3n) is 3.50. The summed E-state index contributed by atoms with van der Waals surface area (Å²) in [5.41, 5.74) is 1.34. The number of amides is 1. The molecule has 2 rings (SSSR count). The molecule has 134 valence electrons. The Bertz CT molecular complexity index is 810. The van der Waals surface area contributed by atoms with Crippen molar-refractivity contribution in [2.45, 2.75) is 13.0 Å². The SMILES string of the molecule is COc1cccc(N(CCC(=O)NCc2cccnc2)S(C)(=O)=O)c1. The zero-order valence-electron chi connectivity index (χ0n) is 14.2. The molecule has 0 aliphatic heterocycles. The van der Waals surface area contributed by atoms with Gasteiger partial charge in [0.1, 0.15) is 5.75 Å². The molecule has 0 radical (unpaired) electrons. The van der Waals surface area contributed by atoms with Gasteiger partial charge in [-0.3, -0.25) is 14.1 Å². The number of benzene rings is 1. The van der Waals surface area contributed by atoms with Gasteiger partial charge in [0.15, 0.2) is 0 Å². The average molecular weight is 363 g/mol. The summed E-state index contributed by atoms with van der Waals surface area (Å²) in [5.74, 6) is 0.313.